The molecule has 2 amide bonds. The molecule has 1 heterocycles. The fourth-order valence-corrected chi connectivity index (χ4v) is 3.80. The minimum absolute atomic E-state index is 0.0161. The molecular weight excluding hydrogens is 326 g/mol. The maximum absolute atomic E-state index is 12.2. The van der Waals surface area contributed by atoms with Gasteiger partial charge in [0.15, 0.2) is 0 Å². The molecule has 0 unspecified atom stereocenters. The van der Waals surface area contributed by atoms with Crippen molar-refractivity contribution in [3.05, 3.63) is 23.2 Å². The molecule has 1 aromatic carbocycles. The van der Waals surface area contributed by atoms with Crippen LogP contribution in [0, 0.1) is 11.8 Å². The van der Waals surface area contributed by atoms with Crippen LogP contribution in [0.15, 0.2) is 18.2 Å². The molecule has 6 heteroatoms. The van der Waals surface area contributed by atoms with E-state index >= 15 is 0 Å². The van der Waals surface area contributed by atoms with Gasteiger partial charge in [-0.15, -0.1) is 0 Å². The number of carbonyl (C=O) groups is 2. The molecule has 0 radical (unpaired) electrons. The predicted octanol–water partition coefficient (Wildman–Crippen LogP) is 3.36. The van der Waals surface area contributed by atoms with Crippen molar-refractivity contribution in [1.82, 2.24) is 4.90 Å². The van der Waals surface area contributed by atoms with E-state index in [1.54, 1.807) is 18.2 Å². The van der Waals surface area contributed by atoms with Crippen LogP contribution in [0.25, 0.3) is 0 Å². The third-order valence-corrected chi connectivity index (χ3v) is 5.22. The monoisotopic (exact) mass is 349 g/mol. The SMILES string of the molecule is CC(C)C(=O)Nc1ccc(NC(=O)CN2C[C@@H]3CC[C@H]2C3)cc1Cl. The highest BCUT2D eigenvalue weighted by atomic mass is 35.5. The number of rotatable bonds is 5. The molecule has 2 N–H and O–H groups in total. The number of nitrogens with zero attached hydrogens (tertiary/aromatic N) is 1. The normalized spacial score (nSPS) is 22.8. The molecule has 0 aromatic heterocycles. The molecule has 0 spiro atoms. The van der Waals surface area contributed by atoms with E-state index < -0.39 is 0 Å². The third-order valence-electron chi connectivity index (χ3n) is 4.90. The summed E-state index contributed by atoms with van der Waals surface area (Å²) in [7, 11) is 0. The number of benzene rings is 1. The summed E-state index contributed by atoms with van der Waals surface area (Å²) in [6.07, 6.45) is 3.76. The first-order valence-electron chi connectivity index (χ1n) is 8.56. The summed E-state index contributed by atoms with van der Waals surface area (Å²) in [5.41, 5.74) is 1.21. The van der Waals surface area contributed by atoms with Crippen molar-refractivity contribution in [3.63, 3.8) is 0 Å². The fraction of sp³-hybridized carbons (Fsp3) is 0.556. The molecule has 1 saturated carbocycles. The summed E-state index contributed by atoms with van der Waals surface area (Å²) in [5, 5.41) is 6.09. The van der Waals surface area contributed by atoms with E-state index in [-0.39, 0.29) is 17.7 Å². The molecule has 1 saturated heterocycles. The molecule has 2 bridgehead atoms. The van der Waals surface area contributed by atoms with E-state index in [0.29, 0.717) is 29.0 Å². The summed E-state index contributed by atoms with van der Waals surface area (Å²) < 4.78 is 0. The first-order valence-corrected chi connectivity index (χ1v) is 8.94. The number of nitrogens with one attached hydrogen (secondary N) is 2. The van der Waals surface area contributed by atoms with E-state index in [1.165, 1.54) is 19.3 Å². The highest BCUT2D eigenvalue weighted by Gasteiger charge is 2.38. The molecule has 24 heavy (non-hydrogen) atoms. The van der Waals surface area contributed by atoms with Gasteiger partial charge in [0.1, 0.15) is 0 Å². The van der Waals surface area contributed by atoms with Gasteiger partial charge in [0.25, 0.3) is 0 Å². The zero-order valence-electron chi connectivity index (χ0n) is 14.1. The van der Waals surface area contributed by atoms with Crippen LogP contribution in [0.2, 0.25) is 5.02 Å². The molecule has 130 valence electrons. The second-order valence-electron chi connectivity index (χ2n) is 7.15. The van der Waals surface area contributed by atoms with Crippen molar-refractivity contribution < 1.29 is 9.59 Å². The second-order valence-corrected chi connectivity index (χ2v) is 7.56. The Morgan fingerprint density at radius 2 is 2.08 bits per heavy atom. The Balaban J connectivity index is 1.56. The number of amides is 2. The van der Waals surface area contributed by atoms with Gasteiger partial charge < -0.3 is 10.6 Å². The van der Waals surface area contributed by atoms with Gasteiger partial charge in [-0.1, -0.05) is 25.4 Å². The standard InChI is InChI=1S/C18H24ClN3O2/c1-11(2)18(24)21-16-6-4-13(8-15(16)19)20-17(23)10-22-9-12-3-5-14(22)7-12/h4,6,8,11-12,14H,3,5,7,9-10H2,1-2H3,(H,20,23)(H,21,24)/t12-,14+/m1/s1. The summed E-state index contributed by atoms with van der Waals surface area (Å²) >= 11 is 6.21. The quantitative estimate of drug-likeness (QED) is 0.856. The van der Waals surface area contributed by atoms with E-state index in [0.717, 1.165) is 12.5 Å². The van der Waals surface area contributed by atoms with Crippen LogP contribution in [-0.2, 0) is 9.59 Å². The van der Waals surface area contributed by atoms with Crippen LogP contribution >= 0.6 is 11.6 Å². The van der Waals surface area contributed by atoms with E-state index in [4.69, 9.17) is 11.6 Å². The summed E-state index contributed by atoms with van der Waals surface area (Å²) in [5.74, 6) is 0.563. The largest absolute Gasteiger partial charge is 0.325 e. The first-order chi connectivity index (χ1) is 11.4. The summed E-state index contributed by atoms with van der Waals surface area (Å²) in [6.45, 7) is 5.12. The lowest BCUT2D eigenvalue weighted by Gasteiger charge is -2.25. The van der Waals surface area contributed by atoms with Crippen LogP contribution < -0.4 is 10.6 Å². The summed E-state index contributed by atoms with van der Waals surface area (Å²) in [4.78, 5) is 26.3. The van der Waals surface area contributed by atoms with Crippen molar-refractivity contribution >= 4 is 34.8 Å². The van der Waals surface area contributed by atoms with Crippen LogP contribution in [-0.4, -0.2) is 35.8 Å². The van der Waals surface area contributed by atoms with E-state index in [1.807, 2.05) is 13.8 Å². The minimum atomic E-state index is -0.115. The molecule has 5 nitrogen and oxygen atoms in total. The van der Waals surface area contributed by atoms with Gasteiger partial charge in [0.05, 0.1) is 17.3 Å². The van der Waals surface area contributed by atoms with Gasteiger partial charge in [0, 0.05) is 24.2 Å². The van der Waals surface area contributed by atoms with E-state index in [2.05, 4.69) is 15.5 Å². The number of hydrogen-bond acceptors (Lipinski definition) is 3. The van der Waals surface area contributed by atoms with Crippen LogP contribution in [0.3, 0.4) is 0 Å². The highest BCUT2D eigenvalue weighted by molar-refractivity contribution is 6.34. The fourth-order valence-electron chi connectivity index (χ4n) is 3.58. The lowest BCUT2D eigenvalue weighted by Crippen LogP contribution is -2.38. The molecule has 1 aromatic rings. The molecule has 1 aliphatic carbocycles. The maximum atomic E-state index is 12.2. The van der Waals surface area contributed by atoms with Crippen molar-refractivity contribution in [2.45, 2.75) is 39.2 Å². The number of fused-ring (bicyclic) bond motifs is 2. The van der Waals surface area contributed by atoms with Crippen LogP contribution in [0.1, 0.15) is 33.1 Å². The lowest BCUT2D eigenvalue weighted by atomic mass is 10.1. The molecular formula is C18H24ClN3O2. The Bertz CT molecular complexity index is 647. The molecule has 3 rings (SSSR count). The van der Waals surface area contributed by atoms with Crippen molar-refractivity contribution in [1.29, 1.82) is 0 Å². The number of halogens is 1. The highest BCUT2D eigenvalue weighted by Crippen LogP contribution is 2.37. The molecule has 1 aliphatic heterocycles. The second kappa shape index (κ2) is 7.11. The van der Waals surface area contributed by atoms with Gasteiger partial charge in [-0.25, -0.2) is 0 Å². The number of anilines is 2. The predicted molar refractivity (Wildman–Crippen MR) is 96.3 cm³/mol. The number of piperidine rings is 1. The average molecular weight is 350 g/mol. The average Bonchev–Trinajstić information content (AvgIpc) is 3.12. The molecule has 2 fully saturated rings. The smallest absolute Gasteiger partial charge is 0.238 e. The minimum Gasteiger partial charge on any atom is -0.325 e. The molecule has 2 atom stereocenters. The van der Waals surface area contributed by atoms with Gasteiger partial charge in [0.2, 0.25) is 11.8 Å². The topological polar surface area (TPSA) is 61.4 Å². The summed E-state index contributed by atoms with van der Waals surface area (Å²) in [6, 6.07) is 5.73. The van der Waals surface area contributed by atoms with Gasteiger partial charge in [-0.3, -0.25) is 14.5 Å². The van der Waals surface area contributed by atoms with Crippen molar-refractivity contribution in [3.8, 4) is 0 Å². The number of carbonyl (C=O) groups excluding carboxylic acids is 2. The van der Waals surface area contributed by atoms with Gasteiger partial charge in [-0.05, 0) is 43.4 Å². The Morgan fingerprint density at radius 3 is 2.67 bits per heavy atom. The van der Waals surface area contributed by atoms with Crippen molar-refractivity contribution in [2.24, 2.45) is 11.8 Å². The van der Waals surface area contributed by atoms with Gasteiger partial charge in [-0.2, -0.15) is 0 Å². The zero-order valence-corrected chi connectivity index (χ0v) is 14.9. The number of likely N-dealkylation sites (tertiary alicyclic amines) is 1. The van der Waals surface area contributed by atoms with Crippen LogP contribution in [0.4, 0.5) is 11.4 Å². The Morgan fingerprint density at radius 1 is 1.29 bits per heavy atom. The Kier molecular flexibility index (Phi) is 5.11. The number of hydrogen-bond donors (Lipinski definition) is 2. The maximum Gasteiger partial charge on any atom is 0.238 e. The Labute approximate surface area is 147 Å². The first kappa shape index (κ1) is 17.2. The Hall–Kier alpha value is -1.59. The zero-order chi connectivity index (χ0) is 17.3. The van der Waals surface area contributed by atoms with Gasteiger partial charge >= 0.3 is 0 Å². The molecule has 2 aliphatic rings. The van der Waals surface area contributed by atoms with Crippen LogP contribution in [0.5, 0.6) is 0 Å². The van der Waals surface area contributed by atoms with Crippen molar-refractivity contribution in [2.75, 3.05) is 23.7 Å². The lowest BCUT2D eigenvalue weighted by molar-refractivity contribution is -0.119. The third kappa shape index (κ3) is 3.90. The van der Waals surface area contributed by atoms with E-state index in [9.17, 15) is 9.59 Å².